The first-order valence-electron chi connectivity index (χ1n) is 12.5. The fourth-order valence-electron chi connectivity index (χ4n) is 4.83. The van der Waals surface area contributed by atoms with Gasteiger partial charge in [-0.1, -0.05) is 53.4 Å². The number of rotatable bonds is 10. The number of phenols is 2. The SMILES string of the molecule is CCCC(CCC)CCn1ccc2cc(N(C(=N)c3cc(C(C)C)c(O)cc3O)C(N)=O)ccc21. The number of urea groups is 1. The standard InChI is InChI=1S/C28H38N4O3/c1-5-7-19(8-6-2)11-13-31-14-12-20-15-21(9-10-24(20)31)32(28(30)35)27(29)23-16-22(18(3)4)25(33)17-26(23)34/h9-10,12,14-19,29,33-34H,5-8,11,13H2,1-4H3,(H2,30,35). The number of aryl methyl sites for hydroxylation is 1. The lowest BCUT2D eigenvalue weighted by molar-refractivity contribution is 0.256. The van der Waals surface area contributed by atoms with Crippen molar-refractivity contribution in [3.63, 3.8) is 0 Å². The highest BCUT2D eigenvalue weighted by Crippen LogP contribution is 2.34. The zero-order valence-electron chi connectivity index (χ0n) is 21.2. The van der Waals surface area contributed by atoms with Gasteiger partial charge in [0.15, 0.2) is 0 Å². The monoisotopic (exact) mass is 478 g/mol. The third kappa shape index (κ3) is 5.78. The zero-order valence-corrected chi connectivity index (χ0v) is 21.2. The fourth-order valence-corrected chi connectivity index (χ4v) is 4.83. The molecule has 0 unspecified atom stereocenters. The van der Waals surface area contributed by atoms with Crippen LogP contribution in [-0.2, 0) is 6.54 Å². The molecule has 3 rings (SSSR count). The number of anilines is 1. The van der Waals surface area contributed by atoms with Crippen molar-refractivity contribution in [1.29, 1.82) is 5.41 Å². The van der Waals surface area contributed by atoms with Crippen LogP contribution in [-0.4, -0.2) is 26.6 Å². The van der Waals surface area contributed by atoms with Crippen molar-refractivity contribution in [1.82, 2.24) is 4.57 Å². The molecule has 2 amide bonds. The quantitative estimate of drug-likeness (QED) is 0.192. The van der Waals surface area contributed by atoms with E-state index in [-0.39, 0.29) is 28.8 Å². The average Bonchev–Trinajstić information content (AvgIpc) is 3.19. The van der Waals surface area contributed by atoms with Gasteiger partial charge in [-0.25, -0.2) is 9.69 Å². The van der Waals surface area contributed by atoms with Gasteiger partial charge in [0.1, 0.15) is 17.3 Å². The van der Waals surface area contributed by atoms with Crippen molar-refractivity contribution >= 4 is 28.5 Å². The van der Waals surface area contributed by atoms with Gasteiger partial charge in [0, 0.05) is 29.7 Å². The highest BCUT2D eigenvalue weighted by Gasteiger charge is 2.24. The first-order valence-corrected chi connectivity index (χ1v) is 12.5. The number of nitrogens with two attached hydrogens (primary N) is 1. The number of nitrogens with zero attached hydrogens (tertiary/aromatic N) is 2. The molecule has 0 aliphatic heterocycles. The normalized spacial score (nSPS) is 11.5. The molecule has 35 heavy (non-hydrogen) atoms. The molecule has 2 aromatic carbocycles. The summed E-state index contributed by atoms with van der Waals surface area (Å²) in [6.45, 7) is 9.20. The molecule has 5 N–H and O–H groups in total. The van der Waals surface area contributed by atoms with Crippen molar-refractivity contribution in [3.8, 4) is 11.5 Å². The molecule has 0 radical (unpaired) electrons. The minimum Gasteiger partial charge on any atom is -0.508 e. The van der Waals surface area contributed by atoms with Gasteiger partial charge in [-0.2, -0.15) is 0 Å². The summed E-state index contributed by atoms with van der Waals surface area (Å²) in [6, 6.07) is 9.46. The average molecular weight is 479 g/mol. The lowest BCUT2D eigenvalue weighted by atomic mass is 9.95. The smallest absolute Gasteiger partial charge is 0.325 e. The van der Waals surface area contributed by atoms with Crippen LogP contribution in [0.3, 0.4) is 0 Å². The number of amidine groups is 1. The number of aromatic nitrogens is 1. The molecule has 0 saturated carbocycles. The van der Waals surface area contributed by atoms with E-state index in [0.717, 1.165) is 34.7 Å². The van der Waals surface area contributed by atoms with Crippen LogP contribution in [0, 0.1) is 11.3 Å². The summed E-state index contributed by atoms with van der Waals surface area (Å²) in [5.74, 6) is 0.0973. The first-order chi connectivity index (χ1) is 16.7. The summed E-state index contributed by atoms with van der Waals surface area (Å²) in [5, 5.41) is 30.2. The molecule has 0 spiro atoms. The number of phenolic OH excluding ortho intramolecular Hbond substituents is 2. The number of fused-ring (bicyclic) bond motifs is 1. The highest BCUT2D eigenvalue weighted by atomic mass is 16.3. The van der Waals surface area contributed by atoms with Crippen LogP contribution in [0.5, 0.6) is 11.5 Å². The molecule has 0 atom stereocenters. The Morgan fingerprint density at radius 1 is 1.03 bits per heavy atom. The second-order valence-corrected chi connectivity index (χ2v) is 9.59. The fraction of sp³-hybridized carbons (Fsp3) is 0.429. The predicted molar refractivity (Wildman–Crippen MR) is 143 cm³/mol. The number of aromatic hydroxyl groups is 2. The molecule has 7 nitrogen and oxygen atoms in total. The number of hydrogen-bond donors (Lipinski definition) is 4. The summed E-state index contributed by atoms with van der Waals surface area (Å²) in [6.07, 6.45) is 8.08. The van der Waals surface area contributed by atoms with Crippen molar-refractivity contribution < 1.29 is 15.0 Å². The van der Waals surface area contributed by atoms with Crippen LogP contribution in [0.4, 0.5) is 10.5 Å². The summed E-state index contributed by atoms with van der Waals surface area (Å²) in [5.41, 5.74) is 7.89. The van der Waals surface area contributed by atoms with Crippen LogP contribution in [0.1, 0.15) is 76.8 Å². The molecule has 0 bridgehead atoms. The lowest BCUT2D eigenvalue weighted by Crippen LogP contribution is -2.41. The number of nitrogens with one attached hydrogen (secondary N) is 1. The zero-order chi connectivity index (χ0) is 25.7. The van der Waals surface area contributed by atoms with Gasteiger partial charge in [-0.15, -0.1) is 0 Å². The molecule has 1 aromatic heterocycles. The van der Waals surface area contributed by atoms with Crippen LogP contribution in [0.25, 0.3) is 10.9 Å². The molecule has 0 aliphatic carbocycles. The summed E-state index contributed by atoms with van der Waals surface area (Å²) < 4.78 is 2.23. The van der Waals surface area contributed by atoms with E-state index in [4.69, 9.17) is 11.1 Å². The molecule has 0 saturated heterocycles. The molecular weight excluding hydrogens is 440 g/mol. The van der Waals surface area contributed by atoms with Gasteiger partial charge < -0.3 is 20.5 Å². The first kappa shape index (κ1) is 26.1. The Balaban J connectivity index is 1.91. The Kier molecular flexibility index (Phi) is 8.43. The third-order valence-corrected chi connectivity index (χ3v) is 6.65. The number of carbonyl (C=O) groups is 1. The van der Waals surface area contributed by atoms with Crippen molar-refractivity contribution in [2.45, 2.75) is 72.3 Å². The number of benzene rings is 2. The Bertz CT molecular complexity index is 1190. The van der Waals surface area contributed by atoms with Gasteiger partial charge in [0.05, 0.1) is 11.3 Å². The van der Waals surface area contributed by atoms with Crippen molar-refractivity contribution in [3.05, 3.63) is 53.7 Å². The van der Waals surface area contributed by atoms with E-state index in [1.54, 1.807) is 6.07 Å². The van der Waals surface area contributed by atoms with Gasteiger partial charge in [0.2, 0.25) is 0 Å². The summed E-state index contributed by atoms with van der Waals surface area (Å²) in [4.78, 5) is 13.5. The predicted octanol–water partition coefficient (Wildman–Crippen LogP) is 6.69. The number of hydrogen-bond acceptors (Lipinski definition) is 4. The maximum Gasteiger partial charge on any atom is 0.325 e. The Morgan fingerprint density at radius 3 is 2.31 bits per heavy atom. The Labute approximate surface area is 207 Å². The number of primary amides is 1. The molecule has 0 fully saturated rings. The van der Waals surface area contributed by atoms with Crippen molar-refractivity contribution in [2.75, 3.05) is 4.90 Å². The van der Waals surface area contributed by atoms with E-state index in [1.165, 1.54) is 37.8 Å². The highest BCUT2D eigenvalue weighted by molar-refractivity contribution is 6.22. The van der Waals surface area contributed by atoms with E-state index in [2.05, 4.69) is 24.6 Å². The van der Waals surface area contributed by atoms with E-state index in [1.807, 2.05) is 32.0 Å². The maximum atomic E-state index is 12.4. The molecule has 0 aliphatic rings. The van der Waals surface area contributed by atoms with E-state index >= 15 is 0 Å². The van der Waals surface area contributed by atoms with Gasteiger partial charge >= 0.3 is 6.03 Å². The van der Waals surface area contributed by atoms with Crippen LogP contribution in [0.2, 0.25) is 0 Å². The number of carbonyl (C=O) groups excluding carboxylic acids is 1. The lowest BCUT2D eigenvalue weighted by Gasteiger charge is -2.23. The van der Waals surface area contributed by atoms with Crippen molar-refractivity contribution in [2.24, 2.45) is 11.7 Å². The summed E-state index contributed by atoms with van der Waals surface area (Å²) in [7, 11) is 0. The van der Waals surface area contributed by atoms with Gasteiger partial charge in [0.25, 0.3) is 0 Å². The molecule has 188 valence electrons. The second-order valence-electron chi connectivity index (χ2n) is 9.59. The van der Waals surface area contributed by atoms with Crippen LogP contribution < -0.4 is 10.6 Å². The minimum atomic E-state index is -0.825. The third-order valence-electron chi connectivity index (χ3n) is 6.65. The van der Waals surface area contributed by atoms with Gasteiger partial charge in [-0.3, -0.25) is 5.41 Å². The second kappa shape index (κ2) is 11.3. The summed E-state index contributed by atoms with van der Waals surface area (Å²) >= 11 is 0. The molecule has 7 heteroatoms. The molecular formula is C28H38N4O3. The Morgan fingerprint density at radius 2 is 1.71 bits per heavy atom. The number of amides is 2. The van der Waals surface area contributed by atoms with Gasteiger partial charge in [-0.05, 0) is 54.2 Å². The van der Waals surface area contributed by atoms with E-state index in [0.29, 0.717) is 11.3 Å². The van der Waals surface area contributed by atoms with E-state index < -0.39 is 6.03 Å². The Hall–Kier alpha value is -3.48. The minimum absolute atomic E-state index is 0.0328. The largest absolute Gasteiger partial charge is 0.508 e. The van der Waals surface area contributed by atoms with Crippen LogP contribution in [0.15, 0.2) is 42.6 Å². The van der Waals surface area contributed by atoms with E-state index in [9.17, 15) is 15.0 Å². The maximum absolute atomic E-state index is 12.4. The topological polar surface area (TPSA) is 116 Å². The molecule has 3 aromatic rings. The molecule has 1 heterocycles. The van der Waals surface area contributed by atoms with Crippen LogP contribution >= 0.6 is 0 Å².